The van der Waals surface area contributed by atoms with Gasteiger partial charge in [0.05, 0.1) is 18.1 Å². The molecule has 4 aromatic rings. The first-order valence-corrected chi connectivity index (χ1v) is 9.67. The molecule has 0 radical (unpaired) electrons. The lowest BCUT2D eigenvalue weighted by atomic mass is 10.2. The number of fused-ring (bicyclic) bond motifs is 1. The molecule has 0 saturated carbocycles. The maximum Gasteiger partial charge on any atom is 0.264 e. The van der Waals surface area contributed by atoms with Gasteiger partial charge in [-0.15, -0.1) is 0 Å². The molecule has 0 fully saturated rings. The predicted molar refractivity (Wildman–Crippen MR) is 116 cm³/mol. The minimum atomic E-state index is -0.617. The van der Waals surface area contributed by atoms with Crippen LogP contribution in [-0.2, 0) is 4.79 Å². The van der Waals surface area contributed by atoms with Crippen LogP contribution in [0.4, 0.5) is 33.2 Å². The van der Waals surface area contributed by atoms with Crippen molar-refractivity contribution in [2.24, 2.45) is 0 Å². The predicted octanol–water partition coefficient (Wildman–Crippen LogP) is 4.11. The summed E-state index contributed by atoms with van der Waals surface area (Å²) in [4.78, 5) is 25.7. The molecule has 0 atom stereocenters. The van der Waals surface area contributed by atoms with E-state index in [-0.39, 0.29) is 24.3 Å². The van der Waals surface area contributed by atoms with Gasteiger partial charge in [0.25, 0.3) is 5.91 Å². The lowest BCUT2D eigenvalue weighted by Gasteiger charge is -2.26. The minimum Gasteiger partial charge on any atom is -0.482 e. The van der Waals surface area contributed by atoms with Crippen LogP contribution in [0.25, 0.3) is 11.5 Å². The van der Waals surface area contributed by atoms with Gasteiger partial charge in [-0.3, -0.25) is 4.79 Å². The average molecular weight is 432 g/mol. The number of amides is 1. The molecule has 0 saturated heterocycles. The van der Waals surface area contributed by atoms with Crippen molar-refractivity contribution in [3.8, 4) is 17.2 Å². The van der Waals surface area contributed by atoms with E-state index in [1.165, 1.54) is 11.2 Å². The first kappa shape index (κ1) is 19.5. The van der Waals surface area contributed by atoms with Crippen LogP contribution in [0, 0.1) is 5.82 Å². The molecule has 0 aliphatic carbocycles. The summed E-state index contributed by atoms with van der Waals surface area (Å²) in [6.07, 6.45) is 4.16. The Morgan fingerprint density at radius 3 is 2.66 bits per heavy atom. The minimum absolute atomic E-state index is 0.00908. The number of carbonyl (C=O) groups is 1. The summed E-state index contributed by atoms with van der Waals surface area (Å²) in [5.74, 6) is 0.521. The van der Waals surface area contributed by atoms with E-state index in [0.717, 1.165) is 11.8 Å². The monoisotopic (exact) mass is 432 g/mol. The molecule has 0 spiro atoms. The number of benzene rings is 2. The third-order valence-corrected chi connectivity index (χ3v) is 4.87. The van der Waals surface area contributed by atoms with Gasteiger partial charge in [0.15, 0.2) is 18.2 Å². The smallest absolute Gasteiger partial charge is 0.264 e. The fraction of sp³-hybridized carbons (Fsp3) is 0.0909. The first-order chi connectivity index (χ1) is 15.6. The molecular weight excluding hydrogens is 415 g/mol. The van der Waals surface area contributed by atoms with E-state index in [4.69, 9.17) is 9.15 Å². The standard InChI is InChI=1S/C22H17FN6O3/c1-29-17-10-15(6-7-18(17)32-12-19(29)30)26-20-16(23)11-25-22(28-20)27-14-4-2-13(3-5-14)21-24-8-9-31-21/h2-11H,12H2,1H3,(H2,25,26,27,28). The zero-order chi connectivity index (χ0) is 22.1. The third kappa shape index (κ3) is 3.81. The Morgan fingerprint density at radius 1 is 1.06 bits per heavy atom. The number of anilines is 5. The van der Waals surface area contributed by atoms with Crippen molar-refractivity contribution in [2.75, 3.05) is 29.2 Å². The summed E-state index contributed by atoms with van der Waals surface area (Å²) in [6.45, 7) is -0.00908. The van der Waals surface area contributed by atoms with E-state index in [9.17, 15) is 9.18 Å². The molecule has 0 unspecified atom stereocenters. The topological polar surface area (TPSA) is 105 Å². The number of aromatic nitrogens is 3. The SMILES string of the molecule is CN1C(=O)COc2ccc(Nc3nc(Nc4ccc(-c5ncco5)cc4)ncc3F)cc21. The van der Waals surface area contributed by atoms with Gasteiger partial charge in [-0.2, -0.15) is 4.98 Å². The van der Waals surface area contributed by atoms with Crippen LogP contribution in [0.3, 0.4) is 0 Å². The van der Waals surface area contributed by atoms with Gasteiger partial charge in [0.1, 0.15) is 12.0 Å². The van der Waals surface area contributed by atoms with E-state index in [1.54, 1.807) is 31.4 Å². The second kappa shape index (κ2) is 7.99. The van der Waals surface area contributed by atoms with Crippen LogP contribution in [0.15, 0.2) is 65.5 Å². The highest BCUT2D eigenvalue weighted by atomic mass is 19.1. The summed E-state index contributed by atoms with van der Waals surface area (Å²) in [6, 6.07) is 12.4. The average Bonchev–Trinajstić information content (AvgIpc) is 3.34. The highest BCUT2D eigenvalue weighted by molar-refractivity contribution is 5.98. The lowest BCUT2D eigenvalue weighted by molar-refractivity contribution is -0.120. The van der Waals surface area contributed by atoms with Crippen molar-refractivity contribution in [2.45, 2.75) is 0 Å². The number of likely N-dealkylation sites (N-methyl/N-ethyl adjacent to an activating group) is 1. The van der Waals surface area contributed by atoms with E-state index in [2.05, 4.69) is 25.6 Å². The summed E-state index contributed by atoms with van der Waals surface area (Å²) in [5.41, 5.74) is 2.67. The molecule has 1 amide bonds. The molecule has 2 aromatic heterocycles. The summed E-state index contributed by atoms with van der Waals surface area (Å²) in [7, 11) is 1.66. The molecule has 1 aliphatic rings. The van der Waals surface area contributed by atoms with Crippen molar-refractivity contribution in [3.05, 3.63) is 66.9 Å². The maximum atomic E-state index is 14.4. The van der Waals surface area contributed by atoms with E-state index in [1.807, 2.05) is 24.3 Å². The number of halogens is 1. The van der Waals surface area contributed by atoms with Gasteiger partial charge < -0.3 is 24.7 Å². The number of ether oxygens (including phenoxy) is 1. The van der Waals surface area contributed by atoms with Crippen LogP contribution in [-0.4, -0.2) is 34.5 Å². The molecule has 5 rings (SSSR count). The van der Waals surface area contributed by atoms with Crippen molar-refractivity contribution in [1.29, 1.82) is 0 Å². The molecule has 32 heavy (non-hydrogen) atoms. The molecule has 0 bridgehead atoms. The quantitative estimate of drug-likeness (QED) is 0.485. The fourth-order valence-electron chi connectivity index (χ4n) is 3.19. The summed E-state index contributed by atoms with van der Waals surface area (Å²) >= 11 is 0. The molecule has 9 nitrogen and oxygen atoms in total. The number of hydrogen-bond donors (Lipinski definition) is 2. The second-order valence-corrected chi connectivity index (χ2v) is 6.98. The summed E-state index contributed by atoms with van der Waals surface area (Å²) in [5, 5.41) is 5.97. The number of oxazole rings is 1. The number of carbonyl (C=O) groups excluding carboxylic acids is 1. The fourth-order valence-corrected chi connectivity index (χ4v) is 3.19. The maximum absolute atomic E-state index is 14.4. The molecule has 10 heteroatoms. The number of rotatable bonds is 5. The van der Waals surface area contributed by atoms with Crippen molar-refractivity contribution < 1.29 is 18.3 Å². The molecule has 2 N–H and O–H groups in total. The Kier molecular flexibility index (Phi) is 4.86. The van der Waals surface area contributed by atoms with Gasteiger partial charge in [-0.25, -0.2) is 14.4 Å². The highest BCUT2D eigenvalue weighted by Gasteiger charge is 2.22. The van der Waals surface area contributed by atoms with Crippen LogP contribution < -0.4 is 20.3 Å². The molecule has 2 aromatic carbocycles. The van der Waals surface area contributed by atoms with Crippen molar-refractivity contribution in [3.63, 3.8) is 0 Å². The molecule has 160 valence electrons. The van der Waals surface area contributed by atoms with Gasteiger partial charge in [0, 0.05) is 24.0 Å². The molecular formula is C22H17FN6O3. The van der Waals surface area contributed by atoms with E-state index < -0.39 is 5.82 Å². The normalized spacial score (nSPS) is 12.8. The largest absolute Gasteiger partial charge is 0.482 e. The zero-order valence-electron chi connectivity index (χ0n) is 16.9. The zero-order valence-corrected chi connectivity index (χ0v) is 16.9. The van der Waals surface area contributed by atoms with Crippen LogP contribution in [0.5, 0.6) is 5.75 Å². The third-order valence-electron chi connectivity index (χ3n) is 4.87. The number of nitrogens with zero attached hydrogens (tertiary/aromatic N) is 4. The first-order valence-electron chi connectivity index (χ1n) is 9.67. The van der Waals surface area contributed by atoms with Gasteiger partial charge >= 0.3 is 0 Å². The van der Waals surface area contributed by atoms with Gasteiger partial charge in [-0.05, 0) is 42.5 Å². The Morgan fingerprint density at radius 2 is 1.88 bits per heavy atom. The Labute approximate surface area is 181 Å². The highest BCUT2D eigenvalue weighted by Crippen LogP contribution is 2.34. The lowest BCUT2D eigenvalue weighted by Crippen LogP contribution is -2.35. The Bertz CT molecular complexity index is 1280. The van der Waals surface area contributed by atoms with Gasteiger partial charge in [-0.1, -0.05) is 0 Å². The van der Waals surface area contributed by atoms with Crippen LogP contribution in [0.2, 0.25) is 0 Å². The Hall–Kier alpha value is -4.47. The van der Waals surface area contributed by atoms with Crippen LogP contribution in [0.1, 0.15) is 0 Å². The summed E-state index contributed by atoms with van der Waals surface area (Å²) < 4.78 is 25.0. The van der Waals surface area contributed by atoms with E-state index >= 15 is 0 Å². The van der Waals surface area contributed by atoms with E-state index in [0.29, 0.717) is 28.7 Å². The number of hydrogen-bond acceptors (Lipinski definition) is 8. The second-order valence-electron chi connectivity index (χ2n) is 6.98. The van der Waals surface area contributed by atoms with Crippen LogP contribution >= 0.6 is 0 Å². The van der Waals surface area contributed by atoms with Crippen molar-refractivity contribution in [1.82, 2.24) is 15.0 Å². The molecule has 3 heterocycles. The number of nitrogens with one attached hydrogen (secondary N) is 2. The Balaban J connectivity index is 1.35. The van der Waals surface area contributed by atoms with Gasteiger partial charge in [0.2, 0.25) is 11.8 Å². The van der Waals surface area contributed by atoms with Crippen molar-refractivity contribution >= 4 is 34.7 Å². The molecule has 1 aliphatic heterocycles.